The highest BCUT2D eigenvalue weighted by Gasteiger charge is 2.45. The number of rotatable bonds is 5. The second-order valence-electron chi connectivity index (χ2n) is 7.43. The lowest BCUT2D eigenvalue weighted by Gasteiger charge is -2.38. The van der Waals surface area contributed by atoms with E-state index in [9.17, 15) is 18.0 Å². The fraction of sp³-hybridized carbons (Fsp3) is 0.684. The van der Waals surface area contributed by atoms with Crippen LogP contribution in [0.15, 0.2) is 16.7 Å². The molecule has 0 radical (unpaired) electrons. The standard InChI is InChI=1S/C17H26N2O4.C2HF3O2/c1-12-6-9-22-15(12)17(20)19-8-11-23-16-13(19)4-5-14(16)21-10-7-18(2)3;3-2(4,5)1(6)7/h6,9,13-14,16H,4-5,7-8,10-11H2,1-3H3;(H,6,7)/t13-,14+,16+;/m0./s1. The molecular formula is C19H27F3N2O6. The first-order chi connectivity index (χ1) is 14.0. The summed E-state index contributed by atoms with van der Waals surface area (Å²) in [5.41, 5.74) is 0.884. The number of carbonyl (C=O) groups is 2. The van der Waals surface area contributed by atoms with Gasteiger partial charge in [-0.25, -0.2) is 4.79 Å². The van der Waals surface area contributed by atoms with Gasteiger partial charge >= 0.3 is 12.1 Å². The summed E-state index contributed by atoms with van der Waals surface area (Å²) in [7, 11) is 4.06. The Hall–Kier alpha value is -2.11. The van der Waals surface area contributed by atoms with Crippen molar-refractivity contribution in [2.24, 2.45) is 0 Å². The van der Waals surface area contributed by atoms with Crippen LogP contribution in [0.1, 0.15) is 29.0 Å². The van der Waals surface area contributed by atoms with Crippen molar-refractivity contribution < 1.29 is 41.8 Å². The summed E-state index contributed by atoms with van der Waals surface area (Å²) in [6.45, 7) is 4.65. The second-order valence-corrected chi connectivity index (χ2v) is 7.43. The molecule has 1 amide bonds. The molecule has 1 saturated heterocycles. The van der Waals surface area contributed by atoms with E-state index in [4.69, 9.17) is 23.8 Å². The average molecular weight is 436 g/mol. The van der Waals surface area contributed by atoms with Crippen LogP contribution in [-0.2, 0) is 14.3 Å². The van der Waals surface area contributed by atoms with Crippen LogP contribution in [0.25, 0.3) is 0 Å². The Morgan fingerprint density at radius 3 is 2.53 bits per heavy atom. The molecular weight excluding hydrogens is 409 g/mol. The van der Waals surface area contributed by atoms with Crippen molar-refractivity contribution in [1.29, 1.82) is 0 Å². The highest BCUT2D eigenvalue weighted by molar-refractivity contribution is 5.93. The average Bonchev–Trinajstić information content (AvgIpc) is 3.27. The normalized spacial score (nSPS) is 23.7. The molecule has 1 aromatic rings. The Balaban J connectivity index is 0.000000396. The van der Waals surface area contributed by atoms with Crippen LogP contribution < -0.4 is 0 Å². The topological polar surface area (TPSA) is 92.5 Å². The molecule has 1 aromatic heterocycles. The van der Waals surface area contributed by atoms with Crippen LogP contribution in [0.2, 0.25) is 0 Å². The van der Waals surface area contributed by atoms with E-state index in [0.717, 1.165) is 24.9 Å². The van der Waals surface area contributed by atoms with Gasteiger partial charge in [-0.15, -0.1) is 0 Å². The summed E-state index contributed by atoms with van der Waals surface area (Å²) in [5, 5.41) is 7.12. The van der Waals surface area contributed by atoms with Gasteiger partial charge in [0.1, 0.15) is 6.10 Å². The lowest BCUT2D eigenvalue weighted by molar-refractivity contribution is -0.192. The minimum Gasteiger partial charge on any atom is -0.475 e. The van der Waals surface area contributed by atoms with Crippen molar-refractivity contribution >= 4 is 11.9 Å². The van der Waals surface area contributed by atoms with E-state index in [1.807, 2.05) is 32.0 Å². The first-order valence-corrected chi connectivity index (χ1v) is 9.55. The molecule has 1 aliphatic heterocycles. The van der Waals surface area contributed by atoms with Gasteiger partial charge in [0.05, 0.1) is 31.6 Å². The lowest BCUT2D eigenvalue weighted by atomic mass is 10.1. The quantitative estimate of drug-likeness (QED) is 0.756. The number of aryl methyl sites for hydroxylation is 1. The molecule has 0 spiro atoms. The molecule has 1 N–H and O–H groups in total. The highest BCUT2D eigenvalue weighted by Crippen LogP contribution is 2.33. The number of halogens is 3. The molecule has 3 rings (SSSR count). The first kappa shape index (κ1) is 24.2. The Morgan fingerprint density at radius 1 is 1.33 bits per heavy atom. The van der Waals surface area contributed by atoms with Crippen LogP contribution in [0.5, 0.6) is 0 Å². The van der Waals surface area contributed by atoms with Crippen LogP contribution in [-0.4, -0.2) is 91.6 Å². The van der Waals surface area contributed by atoms with Crippen molar-refractivity contribution in [3.05, 3.63) is 23.7 Å². The number of carboxylic acid groups (broad SMARTS) is 1. The number of aliphatic carboxylic acids is 1. The number of hydrogen-bond acceptors (Lipinski definition) is 6. The third kappa shape index (κ3) is 6.19. The maximum Gasteiger partial charge on any atom is 0.490 e. The third-order valence-electron chi connectivity index (χ3n) is 4.97. The number of fused-ring (bicyclic) bond motifs is 1. The summed E-state index contributed by atoms with van der Waals surface area (Å²) in [6.07, 6.45) is -1.60. The molecule has 11 heteroatoms. The molecule has 1 aliphatic carbocycles. The minimum atomic E-state index is -5.08. The van der Waals surface area contributed by atoms with E-state index in [-0.39, 0.29) is 24.2 Å². The Bertz CT molecular complexity index is 721. The van der Waals surface area contributed by atoms with Crippen molar-refractivity contribution in [2.75, 3.05) is 40.4 Å². The first-order valence-electron chi connectivity index (χ1n) is 9.55. The monoisotopic (exact) mass is 436 g/mol. The zero-order valence-corrected chi connectivity index (χ0v) is 17.1. The smallest absolute Gasteiger partial charge is 0.475 e. The van der Waals surface area contributed by atoms with E-state index >= 15 is 0 Å². The highest BCUT2D eigenvalue weighted by atomic mass is 19.4. The summed E-state index contributed by atoms with van der Waals surface area (Å²) >= 11 is 0. The zero-order valence-electron chi connectivity index (χ0n) is 17.1. The van der Waals surface area contributed by atoms with Gasteiger partial charge in [-0.3, -0.25) is 4.79 Å². The van der Waals surface area contributed by atoms with E-state index < -0.39 is 12.1 Å². The van der Waals surface area contributed by atoms with Crippen LogP contribution >= 0.6 is 0 Å². The number of nitrogens with zero attached hydrogens (tertiary/aromatic N) is 2. The summed E-state index contributed by atoms with van der Waals surface area (Å²) in [4.78, 5) is 25.7. The molecule has 0 bridgehead atoms. The van der Waals surface area contributed by atoms with Gasteiger partial charge in [-0.2, -0.15) is 13.2 Å². The Morgan fingerprint density at radius 2 is 2.00 bits per heavy atom. The number of morpholine rings is 1. The van der Waals surface area contributed by atoms with Crippen molar-refractivity contribution in [2.45, 2.75) is 44.2 Å². The maximum atomic E-state index is 12.8. The van der Waals surface area contributed by atoms with E-state index in [0.29, 0.717) is 25.5 Å². The van der Waals surface area contributed by atoms with E-state index in [1.54, 1.807) is 6.26 Å². The molecule has 2 heterocycles. The summed E-state index contributed by atoms with van der Waals surface area (Å²) < 4.78 is 49.0. The number of amides is 1. The maximum absolute atomic E-state index is 12.8. The molecule has 2 aliphatic rings. The fourth-order valence-corrected chi connectivity index (χ4v) is 3.46. The molecule has 0 unspecified atom stereocenters. The number of carbonyl (C=O) groups excluding carboxylic acids is 1. The number of hydrogen-bond donors (Lipinski definition) is 1. The number of carboxylic acids is 1. The van der Waals surface area contributed by atoms with Crippen molar-refractivity contribution in [1.82, 2.24) is 9.80 Å². The number of ether oxygens (including phenoxy) is 2. The second kappa shape index (κ2) is 10.3. The van der Waals surface area contributed by atoms with Gasteiger partial charge < -0.3 is 28.8 Å². The van der Waals surface area contributed by atoms with E-state index in [1.165, 1.54) is 0 Å². The molecule has 0 aromatic carbocycles. The summed E-state index contributed by atoms with van der Waals surface area (Å²) in [5.74, 6) is -2.34. The molecule has 170 valence electrons. The van der Waals surface area contributed by atoms with Crippen molar-refractivity contribution in [3.63, 3.8) is 0 Å². The largest absolute Gasteiger partial charge is 0.490 e. The predicted molar refractivity (Wildman–Crippen MR) is 99.2 cm³/mol. The van der Waals surface area contributed by atoms with Gasteiger partial charge in [-0.1, -0.05) is 0 Å². The van der Waals surface area contributed by atoms with Gasteiger partial charge in [-0.05, 0) is 39.9 Å². The zero-order chi connectivity index (χ0) is 22.5. The van der Waals surface area contributed by atoms with Crippen LogP contribution in [0, 0.1) is 6.92 Å². The lowest BCUT2D eigenvalue weighted by Crippen LogP contribution is -2.54. The van der Waals surface area contributed by atoms with Gasteiger partial charge in [0.25, 0.3) is 5.91 Å². The molecule has 2 fully saturated rings. The van der Waals surface area contributed by atoms with Gasteiger partial charge in [0.2, 0.25) is 0 Å². The van der Waals surface area contributed by atoms with Crippen LogP contribution in [0.3, 0.4) is 0 Å². The SMILES string of the molecule is Cc1ccoc1C(=O)N1CCO[C@H]2[C@H](OCCN(C)C)CC[C@@H]21.O=C(O)C(F)(F)F. The van der Waals surface area contributed by atoms with Crippen LogP contribution in [0.4, 0.5) is 13.2 Å². The minimum absolute atomic E-state index is 0.0230. The Kier molecular flexibility index (Phi) is 8.27. The van der Waals surface area contributed by atoms with E-state index in [2.05, 4.69) is 4.90 Å². The molecule has 3 atom stereocenters. The fourth-order valence-electron chi connectivity index (χ4n) is 3.46. The molecule has 30 heavy (non-hydrogen) atoms. The van der Waals surface area contributed by atoms with Gasteiger partial charge in [0.15, 0.2) is 5.76 Å². The number of furan rings is 1. The number of likely N-dealkylation sites (N-methyl/N-ethyl adjacent to an activating group) is 1. The van der Waals surface area contributed by atoms with Crippen molar-refractivity contribution in [3.8, 4) is 0 Å². The van der Waals surface area contributed by atoms with Gasteiger partial charge in [0, 0.05) is 18.7 Å². The Labute approximate surface area is 172 Å². The number of alkyl halides is 3. The predicted octanol–water partition coefficient (Wildman–Crippen LogP) is 2.17. The summed E-state index contributed by atoms with van der Waals surface area (Å²) in [6, 6.07) is 1.91. The molecule has 8 nitrogen and oxygen atoms in total. The molecule has 1 saturated carbocycles. The third-order valence-corrected chi connectivity index (χ3v) is 4.97.